The van der Waals surface area contributed by atoms with E-state index in [9.17, 15) is 9.59 Å². The van der Waals surface area contributed by atoms with Gasteiger partial charge in [0.05, 0.1) is 19.1 Å². The SMILES string of the molecule is CCN(CCNC(=O)[C@@H]1CCC(=O)N(C)[C@H]1c1ccc(OC)cc1)c1ccccc1. The van der Waals surface area contributed by atoms with Gasteiger partial charge in [-0.05, 0) is 43.2 Å². The second-order valence-corrected chi connectivity index (χ2v) is 7.57. The molecular formula is C24H31N3O3. The third-order valence-electron chi connectivity index (χ3n) is 5.84. The summed E-state index contributed by atoms with van der Waals surface area (Å²) in [5, 5.41) is 3.10. The van der Waals surface area contributed by atoms with Crippen LogP contribution in [0.25, 0.3) is 0 Å². The lowest BCUT2D eigenvalue weighted by Gasteiger charge is -2.38. The molecule has 0 spiro atoms. The first-order chi connectivity index (χ1) is 14.5. The predicted molar refractivity (Wildman–Crippen MR) is 119 cm³/mol. The monoisotopic (exact) mass is 409 g/mol. The number of amides is 2. The first-order valence-corrected chi connectivity index (χ1v) is 10.5. The number of piperidine rings is 1. The van der Waals surface area contributed by atoms with Gasteiger partial charge in [-0.15, -0.1) is 0 Å². The number of nitrogens with zero attached hydrogens (tertiary/aromatic N) is 2. The number of anilines is 1. The second kappa shape index (κ2) is 10.1. The van der Waals surface area contributed by atoms with Crippen LogP contribution in [0.3, 0.4) is 0 Å². The molecule has 0 unspecified atom stereocenters. The molecule has 6 heteroatoms. The van der Waals surface area contributed by atoms with Gasteiger partial charge in [0.2, 0.25) is 11.8 Å². The molecule has 3 rings (SSSR count). The highest BCUT2D eigenvalue weighted by molar-refractivity contribution is 5.85. The van der Waals surface area contributed by atoms with Crippen LogP contribution >= 0.6 is 0 Å². The number of likely N-dealkylation sites (N-methyl/N-ethyl adjacent to an activating group) is 1. The van der Waals surface area contributed by atoms with Crippen molar-refractivity contribution in [3.8, 4) is 5.75 Å². The van der Waals surface area contributed by atoms with E-state index in [4.69, 9.17) is 4.74 Å². The Kier molecular flexibility index (Phi) is 7.33. The van der Waals surface area contributed by atoms with Crippen LogP contribution in [-0.4, -0.2) is 50.5 Å². The number of benzene rings is 2. The summed E-state index contributed by atoms with van der Waals surface area (Å²) in [4.78, 5) is 29.3. The molecule has 0 saturated carbocycles. The van der Waals surface area contributed by atoms with E-state index >= 15 is 0 Å². The number of carbonyl (C=O) groups is 2. The molecule has 1 fully saturated rings. The summed E-state index contributed by atoms with van der Waals surface area (Å²) < 4.78 is 5.24. The number of hydrogen-bond acceptors (Lipinski definition) is 4. The summed E-state index contributed by atoms with van der Waals surface area (Å²) in [7, 11) is 3.40. The van der Waals surface area contributed by atoms with Crippen LogP contribution in [0.2, 0.25) is 0 Å². The molecule has 0 aliphatic carbocycles. The van der Waals surface area contributed by atoms with Crippen molar-refractivity contribution in [2.45, 2.75) is 25.8 Å². The van der Waals surface area contributed by atoms with Crippen molar-refractivity contribution in [1.29, 1.82) is 0 Å². The minimum Gasteiger partial charge on any atom is -0.497 e. The molecule has 1 aliphatic rings. The minimum absolute atomic E-state index is 0.000664. The van der Waals surface area contributed by atoms with Gasteiger partial charge < -0.3 is 19.9 Å². The fourth-order valence-corrected chi connectivity index (χ4v) is 4.12. The van der Waals surface area contributed by atoms with Crippen molar-refractivity contribution in [2.75, 3.05) is 38.7 Å². The number of hydrogen-bond donors (Lipinski definition) is 1. The molecule has 2 atom stereocenters. The Bertz CT molecular complexity index is 839. The predicted octanol–water partition coefficient (Wildman–Crippen LogP) is 3.25. The van der Waals surface area contributed by atoms with Crippen LogP contribution in [0, 0.1) is 5.92 Å². The van der Waals surface area contributed by atoms with Gasteiger partial charge in [0.15, 0.2) is 0 Å². The number of rotatable bonds is 8. The van der Waals surface area contributed by atoms with Crippen molar-refractivity contribution >= 4 is 17.5 Å². The first-order valence-electron chi connectivity index (χ1n) is 10.5. The number of carbonyl (C=O) groups excluding carboxylic acids is 2. The fraction of sp³-hybridized carbons (Fsp3) is 0.417. The summed E-state index contributed by atoms with van der Waals surface area (Å²) in [6.45, 7) is 4.28. The largest absolute Gasteiger partial charge is 0.497 e. The molecule has 2 aromatic rings. The third kappa shape index (κ3) is 4.93. The van der Waals surface area contributed by atoms with Crippen molar-refractivity contribution < 1.29 is 14.3 Å². The lowest BCUT2D eigenvalue weighted by atomic mass is 9.84. The van der Waals surface area contributed by atoms with E-state index < -0.39 is 0 Å². The van der Waals surface area contributed by atoms with Gasteiger partial charge in [-0.1, -0.05) is 30.3 Å². The summed E-state index contributed by atoms with van der Waals surface area (Å²) in [5.41, 5.74) is 2.10. The normalized spacial score (nSPS) is 18.8. The van der Waals surface area contributed by atoms with Crippen molar-refractivity contribution in [1.82, 2.24) is 10.2 Å². The zero-order valence-corrected chi connectivity index (χ0v) is 18.0. The van der Waals surface area contributed by atoms with E-state index in [1.807, 2.05) is 42.5 Å². The Morgan fingerprint density at radius 3 is 2.50 bits per heavy atom. The topological polar surface area (TPSA) is 61.9 Å². The Hall–Kier alpha value is -3.02. The number of nitrogens with one attached hydrogen (secondary N) is 1. The van der Waals surface area contributed by atoms with Gasteiger partial charge in [-0.25, -0.2) is 0 Å². The molecule has 1 saturated heterocycles. The Morgan fingerprint density at radius 2 is 1.87 bits per heavy atom. The molecule has 2 amide bonds. The van der Waals surface area contributed by atoms with Gasteiger partial charge in [0, 0.05) is 38.8 Å². The lowest BCUT2D eigenvalue weighted by Crippen LogP contribution is -2.47. The number of para-hydroxylation sites is 1. The van der Waals surface area contributed by atoms with E-state index in [0.717, 1.165) is 30.1 Å². The van der Waals surface area contributed by atoms with Crippen molar-refractivity contribution in [3.05, 3.63) is 60.2 Å². The molecule has 0 aromatic heterocycles. The minimum atomic E-state index is -0.270. The highest BCUT2D eigenvalue weighted by Crippen LogP contribution is 2.36. The second-order valence-electron chi connectivity index (χ2n) is 7.57. The van der Waals surface area contributed by atoms with Crippen LogP contribution in [0.5, 0.6) is 5.75 Å². The van der Waals surface area contributed by atoms with E-state index in [2.05, 4.69) is 29.3 Å². The van der Waals surface area contributed by atoms with E-state index in [0.29, 0.717) is 19.4 Å². The molecule has 30 heavy (non-hydrogen) atoms. The summed E-state index contributed by atoms with van der Waals surface area (Å²) in [6.07, 6.45) is 0.953. The zero-order valence-electron chi connectivity index (χ0n) is 18.0. The Morgan fingerprint density at radius 1 is 1.17 bits per heavy atom. The molecular weight excluding hydrogens is 378 g/mol. The van der Waals surface area contributed by atoms with Crippen LogP contribution < -0.4 is 15.0 Å². The average Bonchev–Trinajstić information content (AvgIpc) is 2.79. The van der Waals surface area contributed by atoms with Crippen LogP contribution in [0.4, 0.5) is 5.69 Å². The fourth-order valence-electron chi connectivity index (χ4n) is 4.12. The average molecular weight is 410 g/mol. The molecule has 0 bridgehead atoms. The molecule has 1 heterocycles. The molecule has 1 aliphatic heterocycles. The molecule has 2 aromatic carbocycles. The van der Waals surface area contributed by atoms with Crippen molar-refractivity contribution in [3.63, 3.8) is 0 Å². The number of likely N-dealkylation sites (tertiary alicyclic amines) is 1. The highest BCUT2D eigenvalue weighted by Gasteiger charge is 2.38. The van der Waals surface area contributed by atoms with E-state index in [1.54, 1.807) is 19.1 Å². The maximum absolute atomic E-state index is 13.1. The lowest BCUT2D eigenvalue weighted by molar-refractivity contribution is -0.141. The summed E-state index contributed by atoms with van der Waals surface area (Å²) in [5.74, 6) is 0.554. The Balaban J connectivity index is 1.67. The highest BCUT2D eigenvalue weighted by atomic mass is 16.5. The van der Waals surface area contributed by atoms with E-state index in [-0.39, 0.29) is 23.8 Å². The first kappa shape index (κ1) is 21.7. The van der Waals surface area contributed by atoms with Gasteiger partial charge >= 0.3 is 0 Å². The number of ether oxygens (including phenoxy) is 1. The molecule has 1 N–H and O–H groups in total. The Labute approximate surface area is 178 Å². The van der Waals surface area contributed by atoms with Gasteiger partial charge in [-0.2, -0.15) is 0 Å². The third-order valence-corrected chi connectivity index (χ3v) is 5.84. The smallest absolute Gasteiger partial charge is 0.225 e. The maximum Gasteiger partial charge on any atom is 0.225 e. The van der Waals surface area contributed by atoms with E-state index in [1.165, 1.54) is 0 Å². The molecule has 0 radical (unpaired) electrons. The zero-order chi connectivity index (χ0) is 21.5. The van der Waals surface area contributed by atoms with Crippen molar-refractivity contribution in [2.24, 2.45) is 5.92 Å². The van der Waals surface area contributed by atoms with Crippen LogP contribution in [-0.2, 0) is 9.59 Å². The van der Waals surface area contributed by atoms with Crippen LogP contribution in [0.1, 0.15) is 31.4 Å². The standard InChI is InChI=1S/C24H31N3O3/c1-4-27(19-8-6-5-7-9-19)17-16-25-24(29)21-14-15-22(28)26(2)23(21)18-10-12-20(30-3)13-11-18/h5-13,21,23H,4,14-17H2,1-3H3,(H,25,29)/t21-,23+/m1/s1. The van der Waals surface area contributed by atoms with Gasteiger partial charge in [0.1, 0.15) is 5.75 Å². The van der Waals surface area contributed by atoms with Crippen LogP contribution in [0.15, 0.2) is 54.6 Å². The number of methoxy groups -OCH3 is 1. The van der Waals surface area contributed by atoms with Gasteiger partial charge in [-0.3, -0.25) is 9.59 Å². The quantitative estimate of drug-likeness (QED) is 0.727. The maximum atomic E-state index is 13.1. The molecule has 160 valence electrons. The molecule has 6 nitrogen and oxygen atoms in total. The summed E-state index contributed by atoms with van der Waals surface area (Å²) >= 11 is 0. The van der Waals surface area contributed by atoms with Gasteiger partial charge in [0.25, 0.3) is 0 Å². The summed E-state index contributed by atoms with van der Waals surface area (Å²) in [6, 6.07) is 17.5.